The lowest BCUT2D eigenvalue weighted by Crippen LogP contribution is -2.44. The molecule has 1 aliphatic heterocycles. The third-order valence-electron chi connectivity index (χ3n) is 5.01. The van der Waals surface area contributed by atoms with Crippen molar-refractivity contribution in [2.75, 3.05) is 19.1 Å². The molecule has 1 aliphatic carbocycles. The van der Waals surface area contributed by atoms with Gasteiger partial charge in [0.1, 0.15) is 0 Å². The second-order valence-corrected chi connectivity index (χ2v) is 6.32. The molecule has 0 bridgehead atoms. The Bertz CT molecular complexity index is 550. The van der Waals surface area contributed by atoms with Gasteiger partial charge in [0.2, 0.25) is 5.91 Å². The number of nitrogens with one attached hydrogen (secondary N) is 1. The summed E-state index contributed by atoms with van der Waals surface area (Å²) >= 11 is 0. The van der Waals surface area contributed by atoms with Gasteiger partial charge in [-0.05, 0) is 37.3 Å². The molecule has 120 valence electrons. The van der Waals surface area contributed by atoms with Crippen LogP contribution in [-0.4, -0.2) is 32.1 Å². The topological polar surface area (TPSA) is 41.6 Å². The van der Waals surface area contributed by atoms with Gasteiger partial charge in [-0.15, -0.1) is 0 Å². The summed E-state index contributed by atoms with van der Waals surface area (Å²) in [5.74, 6) is 0.366. The lowest BCUT2D eigenvalue weighted by atomic mass is 9.85. The van der Waals surface area contributed by atoms with Crippen molar-refractivity contribution in [3.05, 3.63) is 24.0 Å². The minimum Gasteiger partial charge on any atom is -0.494 e. The minimum absolute atomic E-state index is 0.0129. The van der Waals surface area contributed by atoms with E-state index in [-0.39, 0.29) is 17.7 Å². The van der Waals surface area contributed by atoms with Crippen molar-refractivity contribution in [2.45, 2.75) is 44.2 Å². The van der Waals surface area contributed by atoms with Gasteiger partial charge in [-0.1, -0.05) is 12.8 Å². The summed E-state index contributed by atoms with van der Waals surface area (Å²) in [7, 11) is 3.13. The molecule has 1 saturated carbocycles. The van der Waals surface area contributed by atoms with E-state index in [9.17, 15) is 9.18 Å². The van der Waals surface area contributed by atoms with Crippen molar-refractivity contribution >= 4 is 11.6 Å². The van der Waals surface area contributed by atoms with Crippen LogP contribution in [0, 0.1) is 11.7 Å². The molecule has 0 radical (unpaired) electrons. The Hall–Kier alpha value is -1.62. The second-order valence-electron chi connectivity index (χ2n) is 6.32. The van der Waals surface area contributed by atoms with E-state index in [0.29, 0.717) is 17.6 Å². The zero-order valence-corrected chi connectivity index (χ0v) is 13.1. The maximum atomic E-state index is 13.8. The third-order valence-corrected chi connectivity index (χ3v) is 5.01. The molecule has 0 aromatic heterocycles. The Kier molecular flexibility index (Phi) is 4.34. The maximum absolute atomic E-state index is 13.8. The van der Waals surface area contributed by atoms with Gasteiger partial charge in [0.25, 0.3) is 0 Å². The predicted octanol–water partition coefficient (Wildman–Crippen LogP) is 2.72. The van der Waals surface area contributed by atoms with Crippen LogP contribution in [0.2, 0.25) is 0 Å². The van der Waals surface area contributed by atoms with Crippen LogP contribution in [0.3, 0.4) is 0 Å². The number of anilines is 1. The van der Waals surface area contributed by atoms with Crippen LogP contribution in [0.1, 0.15) is 32.1 Å². The fourth-order valence-corrected chi connectivity index (χ4v) is 3.74. The van der Waals surface area contributed by atoms with E-state index in [2.05, 4.69) is 5.32 Å². The number of carbonyl (C=O) groups is 1. The monoisotopic (exact) mass is 306 g/mol. The molecule has 4 nitrogen and oxygen atoms in total. The summed E-state index contributed by atoms with van der Waals surface area (Å²) in [6, 6.07) is 4.93. The molecule has 5 heteroatoms. The van der Waals surface area contributed by atoms with Crippen LogP contribution >= 0.6 is 0 Å². The zero-order valence-electron chi connectivity index (χ0n) is 13.1. The minimum atomic E-state index is -0.451. The van der Waals surface area contributed by atoms with Crippen molar-refractivity contribution in [1.29, 1.82) is 0 Å². The van der Waals surface area contributed by atoms with Gasteiger partial charge in [-0.3, -0.25) is 4.79 Å². The normalized spacial score (nSPS) is 27.3. The molecule has 1 saturated heterocycles. The molecule has 2 aliphatic rings. The number of ether oxygens (including phenoxy) is 1. The maximum Gasteiger partial charge on any atom is 0.243 e. The average molecular weight is 306 g/mol. The largest absolute Gasteiger partial charge is 0.494 e. The van der Waals surface area contributed by atoms with Crippen LogP contribution in [0.25, 0.3) is 0 Å². The van der Waals surface area contributed by atoms with Gasteiger partial charge in [-0.2, -0.15) is 0 Å². The summed E-state index contributed by atoms with van der Waals surface area (Å²) in [6.07, 6.45) is 5.78. The molecule has 3 atom stereocenters. The van der Waals surface area contributed by atoms with E-state index in [1.165, 1.54) is 37.3 Å². The molecular weight excluding hydrogens is 283 g/mol. The quantitative estimate of drug-likeness (QED) is 0.933. The lowest BCUT2D eigenvalue weighted by molar-refractivity contribution is -0.120. The number of hydrogen-bond acceptors (Lipinski definition) is 3. The molecule has 1 heterocycles. The number of hydrogen-bond donors (Lipinski definition) is 1. The number of amides is 1. The van der Waals surface area contributed by atoms with Crippen molar-refractivity contribution in [3.8, 4) is 5.75 Å². The first-order valence-electron chi connectivity index (χ1n) is 7.97. The van der Waals surface area contributed by atoms with Gasteiger partial charge >= 0.3 is 0 Å². The first kappa shape index (κ1) is 15.3. The number of benzene rings is 1. The van der Waals surface area contributed by atoms with E-state index in [0.717, 1.165) is 12.8 Å². The molecule has 1 aromatic rings. The molecule has 0 spiro atoms. The summed E-state index contributed by atoms with van der Waals surface area (Å²) in [5.41, 5.74) is 0.556. The number of halogens is 1. The molecular formula is C17H23FN2O2. The first-order valence-corrected chi connectivity index (χ1v) is 7.97. The van der Waals surface area contributed by atoms with Gasteiger partial charge < -0.3 is 15.0 Å². The van der Waals surface area contributed by atoms with Crippen molar-refractivity contribution in [3.63, 3.8) is 0 Å². The molecule has 3 rings (SSSR count). The third kappa shape index (κ3) is 2.82. The number of methoxy groups -OCH3 is 1. The SMILES string of the molecule is COc1ccc(N(C)C(=O)C2CC3CCCCC3N2)cc1F. The fourth-order valence-electron chi connectivity index (χ4n) is 3.74. The summed E-state index contributed by atoms with van der Waals surface area (Å²) < 4.78 is 18.7. The predicted molar refractivity (Wildman–Crippen MR) is 83.6 cm³/mol. The van der Waals surface area contributed by atoms with Crippen LogP contribution in [0.4, 0.5) is 10.1 Å². The zero-order chi connectivity index (χ0) is 15.7. The van der Waals surface area contributed by atoms with Gasteiger partial charge in [0, 0.05) is 24.8 Å². The van der Waals surface area contributed by atoms with E-state index in [1.54, 1.807) is 19.2 Å². The molecule has 22 heavy (non-hydrogen) atoms. The number of nitrogens with zero attached hydrogens (tertiary/aromatic N) is 1. The van der Waals surface area contributed by atoms with Gasteiger partial charge in [-0.25, -0.2) is 4.39 Å². The standard InChI is InChI=1S/C17H23FN2O2/c1-20(12-7-8-16(22-2)13(18)10-12)17(21)15-9-11-5-3-4-6-14(11)19-15/h7-8,10-11,14-15,19H,3-6,9H2,1-2H3. The van der Waals surface area contributed by atoms with Crippen LogP contribution in [-0.2, 0) is 4.79 Å². The Morgan fingerprint density at radius 2 is 2.14 bits per heavy atom. The second kappa shape index (κ2) is 6.24. The van der Waals surface area contributed by atoms with E-state index in [4.69, 9.17) is 4.74 Å². The lowest BCUT2D eigenvalue weighted by Gasteiger charge is -2.24. The van der Waals surface area contributed by atoms with Gasteiger partial charge in [0.15, 0.2) is 11.6 Å². The van der Waals surface area contributed by atoms with Crippen molar-refractivity contribution in [2.24, 2.45) is 5.92 Å². The van der Waals surface area contributed by atoms with E-state index >= 15 is 0 Å². The number of likely N-dealkylation sites (N-methyl/N-ethyl adjacent to an activating group) is 1. The Labute approximate surface area is 130 Å². The first-order chi connectivity index (χ1) is 10.6. The number of fused-ring (bicyclic) bond motifs is 1. The highest BCUT2D eigenvalue weighted by molar-refractivity contribution is 5.97. The van der Waals surface area contributed by atoms with E-state index < -0.39 is 5.82 Å². The van der Waals surface area contributed by atoms with E-state index in [1.807, 2.05) is 0 Å². The molecule has 1 amide bonds. The molecule has 1 N–H and O–H groups in total. The Balaban J connectivity index is 1.70. The van der Waals surface area contributed by atoms with Crippen molar-refractivity contribution < 1.29 is 13.9 Å². The Morgan fingerprint density at radius 3 is 2.82 bits per heavy atom. The highest BCUT2D eigenvalue weighted by Crippen LogP contribution is 2.34. The van der Waals surface area contributed by atoms with Crippen LogP contribution < -0.4 is 15.0 Å². The highest BCUT2D eigenvalue weighted by atomic mass is 19.1. The van der Waals surface area contributed by atoms with Crippen LogP contribution in [0.5, 0.6) is 5.75 Å². The van der Waals surface area contributed by atoms with Crippen molar-refractivity contribution in [1.82, 2.24) is 5.32 Å². The Morgan fingerprint density at radius 1 is 1.36 bits per heavy atom. The summed E-state index contributed by atoms with van der Waals surface area (Å²) in [6.45, 7) is 0. The van der Waals surface area contributed by atoms with Crippen LogP contribution in [0.15, 0.2) is 18.2 Å². The average Bonchev–Trinajstić information content (AvgIpc) is 2.97. The number of carbonyl (C=O) groups excluding carboxylic acids is 1. The summed E-state index contributed by atoms with van der Waals surface area (Å²) in [4.78, 5) is 14.2. The molecule has 3 unspecified atom stereocenters. The smallest absolute Gasteiger partial charge is 0.243 e. The molecule has 1 aromatic carbocycles. The fraction of sp³-hybridized carbons (Fsp3) is 0.588. The molecule has 2 fully saturated rings. The highest BCUT2D eigenvalue weighted by Gasteiger charge is 2.39. The number of rotatable bonds is 3. The van der Waals surface area contributed by atoms with Gasteiger partial charge in [0.05, 0.1) is 13.2 Å². The summed E-state index contributed by atoms with van der Waals surface area (Å²) in [5, 5.41) is 3.47.